The topological polar surface area (TPSA) is 112 Å². The molecule has 0 bridgehead atoms. The third-order valence-electron chi connectivity index (χ3n) is 5.33. The Morgan fingerprint density at radius 2 is 2.14 bits per heavy atom. The van der Waals surface area contributed by atoms with Crippen LogP contribution in [0.15, 0.2) is 36.8 Å². The van der Waals surface area contributed by atoms with Crippen LogP contribution in [0.1, 0.15) is 12.5 Å². The number of aliphatic hydroxyl groups excluding tert-OH is 1. The van der Waals surface area contributed by atoms with Gasteiger partial charge in [0.1, 0.15) is 23.5 Å². The maximum absolute atomic E-state index is 9.89. The van der Waals surface area contributed by atoms with Gasteiger partial charge in [0.2, 0.25) is 0 Å². The Morgan fingerprint density at radius 3 is 2.96 bits per heavy atom. The fourth-order valence-corrected chi connectivity index (χ4v) is 3.96. The first-order chi connectivity index (χ1) is 13.7. The molecular formula is C20H26N6O2. The quantitative estimate of drug-likeness (QED) is 0.455. The molecule has 3 heterocycles. The second-order valence-electron chi connectivity index (χ2n) is 7.17. The number of nitrogens with one attached hydrogen (secondary N) is 1. The largest absolute Gasteiger partial charge is 0.508 e. The van der Waals surface area contributed by atoms with Crippen molar-refractivity contribution in [3.63, 3.8) is 0 Å². The van der Waals surface area contributed by atoms with Gasteiger partial charge in [0.05, 0.1) is 12.0 Å². The molecule has 1 unspecified atom stereocenters. The first-order valence-electron chi connectivity index (χ1n) is 9.61. The van der Waals surface area contributed by atoms with Gasteiger partial charge < -0.3 is 25.8 Å². The van der Waals surface area contributed by atoms with Gasteiger partial charge in [-0.2, -0.15) is 0 Å². The zero-order valence-corrected chi connectivity index (χ0v) is 15.8. The lowest BCUT2D eigenvalue weighted by molar-refractivity contribution is 0.280. The maximum Gasteiger partial charge on any atom is 0.146 e. The minimum atomic E-state index is 0.164. The van der Waals surface area contributed by atoms with Gasteiger partial charge in [-0.25, -0.2) is 9.97 Å². The van der Waals surface area contributed by atoms with Crippen LogP contribution >= 0.6 is 0 Å². The average Bonchev–Trinajstić information content (AvgIpc) is 3.30. The molecule has 0 spiro atoms. The van der Waals surface area contributed by atoms with E-state index in [1.807, 2.05) is 12.1 Å². The lowest BCUT2D eigenvalue weighted by atomic mass is 10.1. The molecule has 148 valence electrons. The monoisotopic (exact) mass is 382 g/mol. The number of nitrogen functional groups attached to an aromatic ring is 1. The van der Waals surface area contributed by atoms with E-state index in [2.05, 4.69) is 30.9 Å². The summed E-state index contributed by atoms with van der Waals surface area (Å²) < 4.78 is 2.20. The molecule has 1 aliphatic heterocycles. The van der Waals surface area contributed by atoms with Crippen LogP contribution < -0.4 is 11.1 Å². The smallest absolute Gasteiger partial charge is 0.146 e. The van der Waals surface area contributed by atoms with E-state index in [0.29, 0.717) is 18.4 Å². The van der Waals surface area contributed by atoms with Gasteiger partial charge >= 0.3 is 0 Å². The zero-order valence-electron chi connectivity index (χ0n) is 15.8. The number of phenols is 1. The second-order valence-corrected chi connectivity index (χ2v) is 7.17. The Labute approximate surface area is 163 Å². The van der Waals surface area contributed by atoms with Crippen LogP contribution in [0.2, 0.25) is 0 Å². The van der Waals surface area contributed by atoms with Crippen molar-refractivity contribution in [3.05, 3.63) is 36.8 Å². The van der Waals surface area contributed by atoms with Crippen molar-refractivity contribution >= 4 is 16.9 Å². The molecule has 0 amide bonds. The van der Waals surface area contributed by atoms with Crippen molar-refractivity contribution in [1.29, 1.82) is 0 Å². The molecule has 8 nitrogen and oxygen atoms in total. The number of aliphatic hydroxyl groups is 1. The van der Waals surface area contributed by atoms with Gasteiger partial charge in [-0.3, -0.25) is 4.90 Å². The van der Waals surface area contributed by atoms with Crippen LogP contribution in [0.5, 0.6) is 5.75 Å². The van der Waals surface area contributed by atoms with E-state index in [4.69, 9.17) is 10.8 Å². The van der Waals surface area contributed by atoms with E-state index in [0.717, 1.165) is 54.8 Å². The number of fused-ring (bicyclic) bond motifs is 1. The Kier molecular flexibility index (Phi) is 5.43. The normalized spacial score (nSPS) is 17.5. The molecule has 4 rings (SSSR count). The number of phenolic OH excluding ortho intramolecular Hbond substituents is 1. The molecule has 0 saturated carbocycles. The molecule has 1 atom stereocenters. The standard InChI is InChI=1S/C20H26N6O2/c21-19-18-17(14-2-1-3-16(28)10-14)12-26(20(18)24-13-23-19)15-4-7-25(11-15)8-5-22-6-9-27/h1-3,10,12-13,15,22,27-28H,4-9,11H2,(H2,21,23,24). The van der Waals surface area contributed by atoms with Gasteiger partial charge in [-0.05, 0) is 24.1 Å². The summed E-state index contributed by atoms with van der Waals surface area (Å²) in [5.41, 5.74) is 8.86. The van der Waals surface area contributed by atoms with Crippen molar-refractivity contribution < 1.29 is 10.2 Å². The molecule has 0 aliphatic carbocycles. The number of anilines is 1. The highest BCUT2D eigenvalue weighted by Gasteiger charge is 2.26. The highest BCUT2D eigenvalue weighted by atomic mass is 16.3. The number of aromatic hydroxyl groups is 1. The summed E-state index contributed by atoms with van der Waals surface area (Å²) in [5.74, 6) is 0.668. The number of rotatable bonds is 7. The first kappa shape index (κ1) is 18.7. The highest BCUT2D eigenvalue weighted by Crippen LogP contribution is 2.36. The van der Waals surface area contributed by atoms with Crippen molar-refractivity contribution in [2.75, 3.05) is 45.1 Å². The number of hydrogen-bond acceptors (Lipinski definition) is 7. The molecule has 1 saturated heterocycles. The Bertz CT molecular complexity index is 957. The zero-order chi connectivity index (χ0) is 19.5. The molecule has 1 aliphatic rings. The lowest BCUT2D eigenvalue weighted by Gasteiger charge is -2.17. The molecular weight excluding hydrogens is 356 g/mol. The Hall–Kier alpha value is -2.68. The second kappa shape index (κ2) is 8.14. The van der Waals surface area contributed by atoms with Crippen LogP contribution in [0.4, 0.5) is 5.82 Å². The van der Waals surface area contributed by atoms with Crippen molar-refractivity contribution in [3.8, 4) is 16.9 Å². The summed E-state index contributed by atoms with van der Waals surface area (Å²) in [6.45, 7) is 4.57. The minimum absolute atomic E-state index is 0.164. The molecule has 2 aromatic heterocycles. The molecule has 1 aromatic carbocycles. The first-order valence-corrected chi connectivity index (χ1v) is 9.61. The minimum Gasteiger partial charge on any atom is -0.508 e. The number of benzene rings is 1. The van der Waals surface area contributed by atoms with Gasteiger partial charge in [0, 0.05) is 50.5 Å². The Morgan fingerprint density at radius 1 is 1.25 bits per heavy atom. The van der Waals surface area contributed by atoms with E-state index in [1.165, 1.54) is 6.33 Å². The summed E-state index contributed by atoms with van der Waals surface area (Å²) in [4.78, 5) is 11.1. The molecule has 8 heteroatoms. The Balaban J connectivity index is 1.63. The summed E-state index contributed by atoms with van der Waals surface area (Å²) in [6, 6.07) is 7.48. The third-order valence-corrected chi connectivity index (χ3v) is 5.33. The number of likely N-dealkylation sites (tertiary alicyclic amines) is 1. The molecule has 28 heavy (non-hydrogen) atoms. The van der Waals surface area contributed by atoms with Crippen LogP contribution in [-0.2, 0) is 0 Å². The summed E-state index contributed by atoms with van der Waals surface area (Å²) >= 11 is 0. The van der Waals surface area contributed by atoms with Gasteiger partial charge in [0.25, 0.3) is 0 Å². The number of nitrogens with zero attached hydrogens (tertiary/aromatic N) is 4. The predicted molar refractivity (Wildman–Crippen MR) is 109 cm³/mol. The summed E-state index contributed by atoms with van der Waals surface area (Å²) in [6.07, 6.45) is 4.63. The highest BCUT2D eigenvalue weighted by molar-refractivity contribution is 6.00. The fourth-order valence-electron chi connectivity index (χ4n) is 3.96. The van der Waals surface area contributed by atoms with E-state index >= 15 is 0 Å². The van der Waals surface area contributed by atoms with Gasteiger partial charge in [-0.15, -0.1) is 0 Å². The molecule has 1 fully saturated rings. The van der Waals surface area contributed by atoms with E-state index in [-0.39, 0.29) is 12.4 Å². The summed E-state index contributed by atoms with van der Waals surface area (Å²) in [7, 11) is 0. The molecule has 5 N–H and O–H groups in total. The van der Waals surface area contributed by atoms with Crippen LogP contribution in [0.3, 0.4) is 0 Å². The number of nitrogens with two attached hydrogens (primary N) is 1. The lowest BCUT2D eigenvalue weighted by Crippen LogP contribution is -2.32. The predicted octanol–water partition coefficient (Wildman–Crippen LogP) is 1.21. The fraction of sp³-hybridized carbons (Fsp3) is 0.400. The van der Waals surface area contributed by atoms with Gasteiger partial charge in [0.15, 0.2) is 0 Å². The van der Waals surface area contributed by atoms with Crippen LogP contribution in [-0.4, -0.2) is 69.0 Å². The van der Waals surface area contributed by atoms with Crippen molar-refractivity contribution in [1.82, 2.24) is 24.8 Å². The van der Waals surface area contributed by atoms with Crippen LogP contribution in [0.25, 0.3) is 22.2 Å². The number of hydrogen-bond donors (Lipinski definition) is 4. The van der Waals surface area contributed by atoms with E-state index in [9.17, 15) is 5.11 Å². The average molecular weight is 382 g/mol. The van der Waals surface area contributed by atoms with E-state index in [1.54, 1.807) is 12.1 Å². The van der Waals surface area contributed by atoms with Crippen molar-refractivity contribution in [2.24, 2.45) is 0 Å². The van der Waals surface area contributed by atoms with Crippen LogP contribution in [0, 0.1) is 0 Å². The third kappa shape index (κ3) is 3.66. The maximum atomic E-state index is 9.89. The molecule has 0 radical (unpaired) electrons. The van der Waals surface area contributed by atoms with E-state index < -0.39 is 0 Å². The number of aromatic nitrogens is 3. The van der Waals surface area contributed by atoms with Gasteiger partial charge in [-0.1, -0.05) is 12.1 Å². The SMILES string of the molecule is Nc1ncnc2c1c(-c1cccc(O)c1)cn2C1CCN(CCNCCO)C1. The molecule has 3 aromatic rings. The summed E-state index contributed by atoms with van der Waals surface area (Å²) in [5, 5.41) is 22.8. The van der Waals surface area contributed by atoms with Crippen molar-refractivity contribution in [2.45, 2.75) is 12.5 Å².